The Kier molecular flexibility index (Phi) is 7.53. The van der Waals surface area contributed by atoms with Crippen molar-refractivity contribution in [2.75, 3.05) is 51.4 Å². The lowest BCUT2D eigenvalue weighted by Gasteiger charge is -2.29. The van der Waals surface area contributed by atoms with Crippen LogP contribution in [0.5, 0.6) is 5.88 Å². The number of methoxy groups -OCH3 is 1. The summed E-state index contributed by atoms with van der Waals surface area (Å²) in [6, 6.07) is 1.75. The van der Waals surface area contributed by atoms with E-state index in [1.54, 1.807) is 35.7 Å². The number of ether oxygens (including phenoxy) is 1. The van der Waals surface area contributed by atoms with Crippen LogP contribution in [0.25, 0.3) is 10.2 Å². The minimum Gasteiger partial charge on any atom is -0.479 e. The number of carbonyl (C=O) groups excluding carboxylic acids is 1. The van der Waals surface area contributed by atoms with Gasteiger partial charge in [0.25, 0.3) is 0 Å². The lowest BCUT2D eigenvalue weighted by atomic mass is 9.97. The smallest absolute Gasteiger partial charge is 0.239 e. The molecule has 0 spiro atoms. The van der Waals surface area contributed by atoms with Crippen molar-refractivity contribution in [2.45, 2.75) is 25.7 Å². The van der Waals surface area contributed by atoms with Crippen molar-refractivity contribution in [1.29, 1.82) is 5.41 Å². The van der Waals surface area contributed by atoms with Gasteiger partial charge >= 0.3 is 0 Å². The van der Waals surface area contributed by atoms with Gasteiger partial charge in [-0.2, -0.15) is 4.98 Å². The quantitative estimate of drug-likeness (QED) is 0.373. The van der Waals surface area contributed by atoms with E-state index in [2.05, 4.69) is 32.2 Å². The largest absolute Gasteiger partial charge is 0.479 e. The number of nitrogens with two attached hydrogens (primary N) is 1. The minimum absolute atomic E-state index is 0.262. The molecule has 0 aromatic carbocycles. The molecular formula is C23H30N8O2S. The predicted octanol–water partition coefficient (Wildman–Crippen LogP) is 2.69. The van der Waals surface area contributed by atoms with Gasteiger partial charge in [0.05, 0.1) is 12.5 Å². The SMILES string of the molecule is CN1CCN(C=O)CC1.COc1nc(N)c(C=N)cc1Nc1ncnc2sc3c(c12)CCCC3. The highest BCUT2D eigenvalue weighted by atomic mass is 32.1. The number of rotatable bonds is 5. The first-order chi connectivity index (χ1) is 16.5. The molecule has 2 aliphatic rings. The zero-order valence-corrected chi connectivity index (χ0v) is 20.3. The number of piperazine rings is 1. The fourth-order valence-electron chi connectivity index (χ4n) is 4.13. The number of fused-ring (bicyclic) bond motifs is 3. The second kappa shape index (κ2) is 10.7. The highest BCUT2D eigenvalue weighted by molar-refractivity contribution is 7.19. The number of thiophene rings is 1. The number of nitrogens with one attached hydrogen (secondary N) is 2. The molecule has 0 atom stereocenters. The van der Waals surface area contributed by atoms with Gasteiger partial charge in [-0.3, -0.25) is 4.79 Å². The molecule has 10 nitrogen and oxygen atoms in total. The van der Waals surface area contributed by atoms with Crippen LogP contribution in [0.2, 0.25) is 0 Å². The summed E-state index contributed by atoms with van der Waals surface area (Å²) in [6.07, 6.45) is 8.26. The van der Waals surface area contributed by atoms with Crippen LogP contribution in [0.3, 0.4) is 0 Å². The average molecular weight is 483 g/mol. The molecule has 0 bridgehead atoms. The topological polar surface area (TPSA) is 133 Å². The number of amides is 1. The Morgan fingerprint density at radius 3 is 2.68 bits per heavy atom. The molecule has 0 unspecified atom stereocenters. The van der Waals surface area contributed by atoms with E-state index in [-0.39, 0.29) is 5.82 Å². The van der Waals surface area contributed by atoms with Gasteiger partial charge in [-0.25, -0.2) is 9.97 Å². The molecule has 1 saturated heterocycles. The third-order valence-electron chi connectivity index (χ3n) is 6.09. The normalized spacial score (nSPS) is 15.8. The van der Waals surface area contributed by atoms with Crippen molar-refractivity contribution in [2.24, 2.45) is 0 Å². The highest BCUT2D eigenvalue weighted by Gasteiger charge is 2.21. The Morgan fingerprint density at radius 1 is 1.21 bits per heavy atom. The Bertz CT molecular complexity index is 1170. The molecular weight excluding hydrogens is 452 g/mol. The summed E-state index contributed by atoms with van der Waals surface area (Å²) in [5, 5.41) is 11.9. The maximum Gasteiger partial charge on any atom is 0.239 e. The molecule has 0 radical (unpaired) electrons. The van der Waals surface area contributed by atoms with E-state index in [0.717, 1.165) is 61.5 Å². The van der Waals surface area contributed by atoms with Gasteiger partial charge in [0.1, 0.15) is 28.5 Å². The molecule has 34 heavy (non-hydrogen) atoms. The van der Waals surface area contributed by atoms with Gasteiger partial charge in [0.15, 0.2) is 0 Å². The number of aromatic nitrogens is 3. The Labute approximate surface area is 202 Å². The Balaban J connectivity index is 0.000000257. The zero-order chi connectivity index (χ0) is 24.1. The number of likely N-dealkylation sites (N-methyl/N-ethyl adjacent to an activating group) is 1. The van der Waals surface area contributed by atoms with Crippen LogP contribution in [-0.4, -0.2) is 77.7 Å². The number of aryl methyl sites for hydroxylation is 2. The molecule has 180 valence electrons. The monoisotopic (exact) mass is 482 g/mol. The molecule has 1 amide bonds. The first-order valence-electron chi connectivity index (χ1n) is 11.3. The van der Waals surface area contributed by atoms with Crippen molar-refractivity contribution in [3.05, 3.63) is 28.4 Å². The highest BCUT2D eigenvalue weighted by Crippen LogP contribution is 2.39. The molecule has 3 aromatic rings. The van der Waals surface area contributed by atoms with Crippen LogP contribution < -0.4 is 15.8 Å². The summed E-state index contributed by atoms with van der Waals surface area (Å²) >= 11 is 1.75. The fourth-order valence-corrected chi connectivity index (χ4v) is 5.35. The fraction of sp³-hybridized carbons (Fsp3) is 0.435. The summed E-state index contributed by atoms with van der Waals surface area (Å²) in [4.78, 5) is 29.7. The van der Waals surface area contributed by atoms with Crippen molar-refractivity contribution in [3.63, 3.8) is 0 Å². The second-order valence-corrected chi connectivity index (χ2v) is 9.43. The molecule has 11 heteroatoms. The number of hydrogen-bond acceptors (Lipinski definition) is 10. The molecule has 4 heterocycles. The molecule has 3 aromatic heterocycles. The van der Waals surface area contributed by atoms with E-state index in [0.29, 0.717) is 17.1 Å². The molecule has 5 rings (SSSR count). The van der Waals surface area contributed by atoms with Crippen molar-refractivity contribution < 1.29 is 9.53 Å². The van der Waals surface area contributed by atoms with Crippen LogP contribution in [0.4, 0.5) is 17.3 Å². The van der Waals surface area contributed by atoms with E-state index < -0.39 is 0 Å². The zero-order valence-electron chi connectivity index (χ0n) is 19.5. The van der Waals surface area contributed by atoms with Crippen molar-refractivity contribution in [3.8, 4) is 5.88 Å². The summed E-state index contributed by atoms with van der Waals surface area (Å²) in [5.41, 5.74) is 8.35. The number of pyridine rings is 1. The molecule has 1 aliphatic heterocycles. The molecule has 4 N–H and O–H groups in total. The van der Waals surface area contributed by atoms with Gasteiger partial charge < -0.3 is 31.0 Å². The van der Waals surface area contributed by atoms with Gasteiger partial charge in [-0.1, -0.05) is 0 Å². The van der Waals surface area contributed by atoms with E-state index >= 15 is 0 Å². The summed E-state index contributed by atoms with van der Waals surface area (Å²) in [7, 11) is 3.61. The lowest BCUT2D eigenvalue weighted by molar-refractivity contribution is -0.119. The number of nitrogen functional groups attached to an aromatic ring is 1. The van der Waals surface area contributed by atoms with Crippen LogP contribution in [-0.2, 0) is 17.6 Å². The Morgan fingerprint density at radius 2 is 1.97 bits per heavy atom. The van der Waals surface area contributed by atoms with Gasteiger partial charge in [0.2, 0.25) is 12.3 Å². The van der Waals surface area contributed by atoms with E-state index in [1.165, 1.54) is 29.5 Å². The maximum absolute atomic E-state index is 10.2. The van der Waals surface area contributed by atoms with Crippen LogP contribution in [0, 0.1) is 5.41 Å². The third kappa shape index (κ3) is 5.10. The maximum atomic E-state index is 10.2. The predicted molar refractivity (Wildman–Crippen MR) is 136 cm³/mol. The summed E-state index contributed by atoms with van der Waals surface area (Å²) in [5.74, 6) is 1.38. The van der Waals surface area contributed by atoms with Crippen molar-refractivity contribution in [1.82, 2.24) is 24.8 Å². The van der Waals surface area contributed by atoms with Crippen LogP contribution in [0.15, 0.2) is 12.4 Å². The van der Waals surface area contributed by atoms with Gasteiger partial charge in [0, 0.05) is 42.8 Å². The summed E-state index contributed by atoms with van der Waals surface area (Å²) < 4.78 is 5.33. The second-order valence-electron chi connectivity index (χ2n) is 8.35. The first kappa shape index (κ1) is 23.8. The number of carbonyl (C=O) groups is 1. The number of nitrogens with zero attached hydrogens (tertiary/aromatic N) is 5. The van der Waals surface area contributed by atoms with Crippen molar-refractivity contribution >= 4 is 51.5 Å². The first-order valence-corrected chi connectivity index (χ1v) is 12.1. The van der Waals surface area contributed by atoms with Gasteiger partial charge in [-0.05, 0) is 44.4 Å². The van der Waals surface area contributed by atoms with Crippen LogP contribution >= 0.6 is 11.3 Å². The molecule has 0 saturated carbocycles. The lowest BCUT2D eigenvalue weighted by Crippen LogP contribution is -2.43. The van der Waals surface area contributed by atoms with E-state index in [4.69, 9.17) is 15.9 Å². The molecule has 1 aliphatic carbocycles. The van der Waals surface area contributed by atoms with Gasteiger partial charge in [-0.15, -0.1) is 11.3 Å². The van der Waals surface area contributed by atoms with E-state index in [9.17, 15) is 4.79 Å². The standard InChI is InChI=1S/C17H18N6OS.C6H12N2O/c1-24-16-11(6-9(7-18)14(19)23-16)22-15-13-10-4-2-3-5-12(10)25-17(13)21-8-20-15;1-7-2-4-8(6-9)5-3-7/h6-8,18H,2-5H2,1H3,(H2,19,23)(H,20,21,22);6H,2-5H2,1H3. The van der Waals surface area contributed by atoms with E-state index in [1.807, 2.05) is 0 Å². The third-order valence-corrected chi connectivity index (χ3v) is 7.29. The molecule has 1 fully saturated rings. The minimum atomic E-state index is 0.262. The van der Waals surface area contributed by atoms with Crippen LogP contribution in [0.1, 0.15) is 28.8 Å². The summed E-state index contributed by atoms with van der Waals surface area (Å²) in [6.45, 7) is 3.80. The Hall–Kier alpha value is -3.31. The average Bonchev–Trinajstić information content (AvgIpc) is 3.25. The number of hydrogen-bond donors (Lipinski definition) is 3. The number of anilines is 3.